The van der Waals surface area contributed by atoms with E-state index in [1.165, 1.54) is 16.3 Å². The molecule has 0 aliphatic carbocycles. The van der Waals surface area contributed by atoms with Crippen LogP contribution in [-0.4, -0.2) is 27.3 Å². The van der Waals surface area contributed by atoms with Gasteiger partial charge in [0.1, 0.15) is 10.7 Å². The Kier molecular flexibility index (Phi) is 6.65. The van der Waals surface area contributed by atoms with E-state index >= 15 is 0 Å². The molecule has 0 aliphatic rings. The van der Waals surface area contributed by atoms with Crippen molar-refractivity contribution in [3.63, 3.8) is 0 Å². The number of carbonyl (C=O) groups is 1. The minimum Gasteiger partial charge on any atom is -0.336 e. The Balaban J connectivity index is 1.43. The van der Waals surface area contributed by atoms with Gasteiger partial charge in [0.05, 0.1) is 17.1 Å². The lowest BCUT2D eigenvalue weighted by Crippen LogP contribution is -2.34. The molecular formula is C25H25N5O2S. The average Bonchev–Trinajstić information content (AvgIpc) is 3.20. The van der Waals surface area contributed by atoms with E-state index in [2.05, 4.69) is 20.7 Å². The highest BCUT2D eigenvalue weighted by Gasteiger charge is 2.14. The van der Waals surface area contributed by atoms with Gasteiger partial charge in [0.2, 0.25) is 0 Å². The number of aryl methyl sites for hydroxylation is 3. The average molecular weight is 460 g/mol. The van der Waals surface area contributed by atoms with E-state index in [1.54, 1.807) is 17.4 Å². The van der Waals surface area contributed by atoms with Crippen LogP contribution in [0.5, 0.6) is 0 Å². The second kappa shape index (κ2) is 9.79. The Hall–Kier alpha value is -3.78. The Labute approximate surface area is 196 Å². The quantitative estimate of drug-likeness (QED) is 0.434. The summed E-state index contributed by atoms with van der Waals surface area (Å²) in [7, 11) is 0. The molecule has 2 aromatic heterocycles. The van der Waals surface area contributed by atoms with E-state index in [4.69, 9.17) is 0 Å². The molecule has 0 fully saturated rings. The van der Waals surface area contributed by atoms with Gasteiger partial charge in [0.25, 0.3) is 5.56 Å². The van der Waals surface area contributed by atoms with Gasteiger partial charge in [0.15, 0.2) is 0 Å². The third-order valence-corrected chi connectivity index (χ3v) is 6.52. The van der Waals surface area contributed by atoms with Crippen LogP contribution < -0.4 is 16.2 Å². The number of benzene rings is 2. The highest BCUT2D eigenvalue weighted by molar-refractivity contribution is 7.18. The van der Waals surface area contributed by atoms with E-state index in [0.29, 0.717) is 5.69 Å². The van der Waals surface area contributed by atoms with Crippen LogP contribution in [0.25, 0.3) is 21.1 Å². The molecule has 8 heteroatoms. The lowest BCUT2D eigenvalue weighted by molar-refractivity contribution is 0.251. The molecule has 0 bridgehead atoms. The fraction of sp³-hybridized carbons (Fsp3) is 0.200. The highest BCUT2D eigenvalue weighted by atomic mass is 32.1. The van der Waals surface area contributed by atoms with Crippen LogP contribution in [-0.2, 0) is 6.54 Å². The predicted octanol–water partition coefficient (Wildman–Crippen LogP) is 4.78. The van der Waals surface area contributed by atoms with Gasteiger partial charge in [-0.15, -0.1) is 11.3 Å². The normalized spacial score (nSPS) is 10.8. The van der Waals surface area contributed by atoms with E-state index in [-0.39, 0.29) is 24.7 Å². The van der Waals surface area contributed by atoms with Crippen LogP contribution in [0.1, 0.15) is 16.8 Å². The Bertz CT molecular complexity index is 1340. The van der Waals surface area contributed by atoms with E-state index < -0.39 is 0 Å². The number of aromatic nitrogens is 3. The molecular weight excluding hydrogens is 434 g/mol. The molecule has 0 atom stereocenters. The van der Waals surface area contributed by atoms with E-state index in [1.807, 2.05) is 69.3 Å². The SMILES string of the molecule is Cc1ccc(NC(=O)NCCn2nc(-c3sc(-c4ccccc4)nc3C)ccc2=O)cc1C. The summed E-state index contributed by atoms with van der Waals surface area (Å²) in [6, 6.07) is 18.6. The molecule has 0 unspecified atom stereocenters. The second-order valence-corrected chi connectivity index (χ2v) is 8.76. The number of urea groups is 1. The molecule has 2 amide bonds. The number of nitrogens with zero attached hydrogens (tertiary/aromatic N) is 3. The molecule has 7 nitrogen and oxygen atoms in total. The first-order chi connectivity index (χ1) is 15.9. The topological polar surface area (TPSA) is 88.9 Å². The van der Waals surface area contributed by atoms with Gasteiger partial charge in [-0.25, -0.2) is 14.5 Å². The van der Waals surface area contributed by atoms with Crippen molar-refractivity contribution in [3.8, 4) is 21.1 Å². The van der Waals surface area contributed by atoms with Gasteiger partial charge < -0.3 is 10.6 Å². The van der Waals surface area contributed by atoms with Crippen molar-refractivity contribution >= 4 is 23.1 Å². The Morgan fingerprint density at radius 2 is 1.79 bits per heavy atom. The summed E-state index contributed by atoms with van der Waals surface area (Å²) >= 11 is 1.54. The van der Waals surface area contributed by atoms with Crippen molar-refractivity contribution in [1.82, 2.24) is 20.1 Å². The minimum absolute atomic E-state index is 0.222. The summed E-state index contributed by atoms with van der Waals surface area (Å²) in [4.78, 5) is 30.1. The van der Waals surface area contributed by atoms with Gasteiger partial charge >= 0.3 is 6.03 Å². The third-order valence-electron chi connectivity index (χ3n) is 5.29. The first-order valence-corrected chi connectivity index (χ1v) is 11.5. The lowest BCUT2D eigenvalue weighted by Gasteiger charge is -2.10. The van der Waals surface area contributed by atoms with Gasteiger partial charge in [-0.05, 0) is 50.1 Å². The summed E-state index contributed by atoms with van der Waals surface area (Å²) in [5.41, 5.74) is 5.37. The van der Waals surface area contributed by atoms with Crippen molar-refractivity contribution in [2.75, 3.05) is 11.9 Å². The molecule has 0 radical (unpaired) electrons. The maximum Gasteiger partial charge on any atom is 0.319 e. The van der Waals surface area contributed by atoms with Crippen LogP contribution in [0.3, 0.4) is 0 Å². The zero-order chi connectivity index (χ0) is 23.4. The zero-order valence-corrected chi connectivity index (χ0v) is 19.6. The fourth-order valence-electron chi connectivity index (χ4n) is 3.34. The molecule has 2 aromatic carbocycles. The van der Waals surface area contributed by atoms with Crippen LogP contribution in [0.4, 0.5) is 10.5 Å². The summed E-state index contributed by atoms with van der Waals surface area (Å²) in [5.74, 6) is 0. The van der Waals surface area contributed by atoms with Gasteiger partial charge in [0, 0.05) is 23.9 Å². The van der Waals surface area contributed by atoms with Crippen LogP contribution in [0.2, 0.25) is 0 Å². The minimum atomic E-state index is -0.326. The molecule has 0 spiro atoms. The second-order valence-electron chi connectivity index (χ2n) is 7.76. The number of nitrogens with one attached hydrogen (secondary N) is 2. The van der Waals surface area contributed by atoms with E-state index in [9.17, 15) is 9.59 Å². The van der Waals surface area contributed by atoms with E-state index in [0.717, 1.165) is 32.4 Å². The highest BCUT2D eigenvalue weighted by Crippen LogP contribution is 2.33. The van der Waals surface area contributed by atoms with Crippen molar-refractivity contribution in [1.29, 1.82) is 0 Å². The van der Waals surface area contributed by atoms with Gasteiger partial charge in [-0.3, -0.25) is 4.79 Å². The summed E-state index contributed by atoms with van der Waals surface area (Å²) in [5, 5.41) is 11.0. The van der Waals surface area contributed by atoms with Crippen LogP contribution in [0, 0.1) is 20.8 Å². The molecule has 168 valence electrons. The van der Waals surface area contributed by atoms with Crippen molar-refractivity contribution in [3.05, 3.63) is 87.8 Å². The lowest BCUT2D eigenvalue weighted by atomic mass is 10.1. The molecule has 0 aliphatic heterocycles. The molecule has 4 aromatic rings. The van der Waals surface area contributed by atoms with Crippen molar-refractivity contribution in [2.45, 2.75) is 27.3 Å². The fourth-order valence-corrected chi connectivity index (χ4v) is 4.37. The van der Waals surface area contributed by atoms with Crippen molar-refractivity contribution < 1.29 is 4.79 Å². The first kappa shape index (κ1) is 22.4. The maximum absolute atomic E-state index is 12.3. The van der Waals surface area contributed by atoms with Gasteiger partial charge in [-0.2, -0.15) is 5.10 Å². The number of anilines is 1. The van der Waals surface area contributed by atoms with Gasteiger partial charge in [-0.1, -0.05) is 36.4 Å². The van der Waals surface area contributed by atoms with Crippen LogP contribution >= 0.6 is 11.3 Å². The van der Waals surface area contributed by atoms with Crippen LogP contribution in [0.15, 0.2) is 65.5 Å². The zero-order valence-electron chi connectivity index (χ0n) is 18.8. The number of carbonyl (C=O) groups excluding carboxylic acids is 1. The molecule has 33 heavy (non-hydrogen) atoms. The number of thiazole rings is 1. The molecule has 2 N–H and O–H groups in total. The summed E-state index contributed by atoms with van der Waals surface area (Å²) in [6.07, 6.45) is 0. The standard InChI is InChI=1S/C25H25N5O2S/c1-16-9-10-20(15-17(16)2)28-25(32)26-13-14-30-22(31)12-11-21(29-30)23-18(3)27-24(33-23)19-7-5-4-6-8-19/h4-12,15H,13-14H2,1-3H3,(H2,26,28,32). The summed E-state index contributed by atoms with van der Waals surface area (Å²) in [6.45, 7) is 6.49. The number of hydrogen-bond donors (Lipinski definition) is 2. The largest absolute Gasteiger partial charge is 0.336 e. The Morgan fingerprint density at radius 1 is 1.00 bits per heavy atom. The maximum atomic E-state index is 12.3. The Morgan fingerprint density at radius 3 is 2.55 bits per heavy atom. The summed E-state index contributed by atoms with van der Waals surface area (Å²) < 4.78 is 1.37. The smallest absolute Gasteiger partial charge is 0.319 e. The first-order valence-electron chi connectivity index (χ1n) is 10.6. The monoisotopic (exact) mass is 459 g/mol. The predicted molar refractivity (Wildman–Crippen MR) is 133 cm³/mol. The molecule has 2 heterocycles. The third kappa shape index (κ3) is 5.35. The van der Waals surface area contributed by atoms with Crippen molar-refractivity contribution in [2.24, 2.45) is 0 Å². The number of amides is 2. The molecule has 0 saturated carbocycles. The number of rotatable bonds is 6. The molecule has 4 rings (SSSR count). The number of hydrogen-bond acceptors (Lipinski definition) is 5. The molecule has 0 saturated heterocycles.